The molecule has 5 rings (SSSR count). The number of benzene rings is 2. The molecule has 2 aromatic carbocycles. The SMILES string of the molecule is O=S(=O)(Nc1cccc(-c2nn3c(c2-c2ccnc(Cl)n2)CCC3)c1)c1c(F)cccc1F. The van der Waals surface area contributed by atoms with Gasteiger partial charge in [-0.15, -0.1) is 0 Å². The quantitative estimate of drug-likeness (QED) is 0.413. The highest BCUT2D eigenvalue weighted by Gasteiger charge is 2.26. The molecule has 0 fully saturated rings. The third kappa shape index (κ3) is 3.96. The predicted octanol–water partition coefficient (Wildman–Crippen LogP) is 4.69. The summed E-state index contributed by atoms with van der Waals surface area (Å²) in [5, 5.41) is 4.81. The summed E-state index contributed by atoms with van der Waals surface area (Å²) in [5.74, 6) is -2.35. The van der Waals surface area contributed by atoms with Gasteiger partial charge in [-0.2, -0.15) is 5.10 Å². The number of hydrogen-bond donors (Lipinski definition) is 1. The van der Waals surface area contributed by atoms with Gasteiger partial charge in [0.1, 0.15) is 17.3 Å². The van der Waals surface area contributed by atoms with Crippen molar-refractivity contribution < 1.29 is 17.2 Å². The molecule has 3 heterocycles. The van der Waals surface area contributed by atoms with E-state index in [4.69, 9.17) is 16.7 Å². The molecule has 33 heavy (non-hydrogen) atoms. The number of halogens is 3. The van der Waals surface area contributed by atoms with Crippen LogP contribution in [0.25, 0.3) is 22.5 Å². The van der Waals surface area contributed by atoms with Crippen LogP contribution in [0.4, 0.5) is 14.5 Å². The average molecular weight is 488 g/mol. The Balaban J connectivity index is 1.57. The fourth-order valence-electron chi connectivity index (χ4n) is 3.95. The van der Waals surface area contributed by atoms with Crippen LogP contribution >= 0.6 is 11.6 Å². The molecule has 0 spiro atoms. The molecule has 0 unspecified atom stereocenters. The van der Waals surface area contributed by atoms with E-state index in [1.165, 1.54) is 6.07 Å². The van der Waals surface area contributed by atoms with Crippen molar-refractivity contribution in [1.29, 1.82) is 0 Å². The van der Waals surface area contributed by atoms with E-state index in [0.717, 1.165) is 48.8 Å². The summed E-state index contributed by atoms with van der Waals surface area (Å²) in [6.45, 7) is 0.750. The molecule has 0 saturated carbocycles. The number of hydrogen-bond acceptors (Lipinski definition) is 5. The number of rotatable bonds is 5. The Kier molecular flexibility index (Phi) is 5.34. The van der Waals surface area contributed by atoms with Crippen LogP contribution in [0.5, 0.6) is 0 Å². The lowest BCUT2D eigenvalue weighted by atomic mass is 10.0. The fourth-order valence-corrected chi connectivity index (χ4v) is 5.29. The first kappa shape index (κ1) is 21.5. The van der Waals surface area contributed by atoms with Crippen LogP contribution < -0.4 is 4.72 Å². The second kappa shape index (κ2) is 8.20. The molecule has 0 bridgehead atoms. The van der Waals surface area contributed by atoms with Crippen LogP contribution in [0.1, 0.15) is 12.1 Å². The molecule has 1 aliphatic rings. The summed E-state index contributed by atoms with van der Waals surface area (Å²) in [6, 6.07) is 11.1. The van der Waals surface area contributed by atoms with Crippen LogP contribution in [0, 0.1) is 11.6 Å². The topological polar surface area (TPSA) is 89.8 Å². The highest BCUT2D eigenvalue weighted by atomic mass is 35.5. The molecule has 0 saturated heterocycles. The maximum atomic E-state index is 14.1. The number of aryl methyl sites for hydroxylation is 1. The third-order valence-electron chi connectivity index (χ3n) is 5.30. The van der Waals surface area contributed by atoms with Gasteiger partial charge in [0.2, 0.25) is 5.28 Å². The number of nitrogens with one attached hydrogen (secondary N) is 1. The van der Waals surface area contributed by atoms with Crippen molar-refractivity contribution >= 4 is 27.3 Å². The van der Waals surface area contributed by atoms with Crippen LogP contribution in [-0.2, 0) is 23.0 Å². The Morgan fingerprint density at radius 3 is 2.58 bits per heavy atom. The normalized spacial score (nSPS) is 13.2. The molecular weight excluding hydrogens is 472 g/mol. The largest absolute Gasteiger partial charge is 0.279 e. The Morgan fingerprint density at radius 1 is 1.06 bits per heavy atom. The summed E-state index contributed by atoms with van der Waals surface area (Å²) in [7, 11) is -4.50. The van der Waals surface area contributed by atoms with Crippen molar-refractivity contribution in [2.24, 2.45) is 0 Å². The molecule has 1 aliphatic heterocycles. The van der Waals surface area contributed by atoms with Crippen LogP contribution in [-0.4, -0.2) is 28.2 Å². The maximum Gasteiger partial charge on any atom is 0.267 e. The maximum absolute atomic E-state index is 14.1. The Bertz CT molecular complexity index is 1470. The zero-order valence-electron chi connectivity index (χ0n) is 17.0. The van der Waals surface area contributed by atoms with Crippen molar-refractivity contribution in [2.75, 3.05) is 4.72 Å². The lowest BCUT2D eigenvalue weighted by Gasteiger charge is -2.11. The third-order valence-corrected chi connectivity index (χ3v) is 6.91. The number of fused-ring (bicyclic) bond motifs is 1. The molecule has 7 nitrogen and oxygen atoms in total. The first-order valence-corrected chi connectivity index (χ1v) is 11.9. The minimum absolute atomic E-state index is 0.102. The predicted molar refractivity (Wildman–Crippen MR) is 119 cm³/mol. The van der Waals surface area contributed by atoms with E-state index in [1.807, 2.05) is 4.68 Å². The average Bonchev–Trinajstić information content (AvgIpc) is 3.34. The van der Waals surface area contributed by atoms with E-state index in [1.54, 1.807) is 30.5 Å². The molecule has 0 aliphatic carbocycles. The highest BCUT2D eigenvalue weighted by molar-refractivity contribution is 7.92. The lowest BCUT2D eigenvalue weighted by molar-refractivity contribution is 0.521. The van der Waals surface area contributed by atoms with Crippen molar-refractivity contribution in [3.05, 3.63) is 77.3 Å². The van der Waals surface area contributed by atoms with Gasteiger partial charge >= 0.3 is 0 Å². The van der Waals surface area contributed by atoms with Gasteiger partial charge in [0.25, 0.3) is 10.0 Å². The molecule has 2 aromatic heterocycles. The van der Waals surface area contributed by atoms with Gasteiger partial charge in [-0.05, 0) is 54.8 Å². The van der Waals surface area contributed by atoms with E-state index in [9.17, 15) is 17.2 Å². The zero-order chi connectivity index (χ0) is 23.2. The van der Waals surface area contributed by atoms with Crippen LogP contribution in [0.2, 0.25) is 5.28 Å². The standard InChI is InChI=1S/C22H16ClF2N5O2S/c23-22-26-10-9-17(27-22)19-18-8-3-11-30(18)28-20(19)13-4-1-5-14(12-13)29-33(31,32)21-15(24)6-2-7-16(21)25/h1-2,4-7,9-10,12,29H,3,8,11H2. The van der Waals surface area contributed by atoms with E-state index in [2.05, 4.69) is 14.7 Å². The van der Waals surface area contributed by atoms with Crippen molar-refractivity contribution in [3.8, 4) is 22.5 Å². The van der Waals surface area contributed by atoms with E-state index >= 15 is 0 Å². The first-order chi connectivity index (χ1) is 15.8. The number of nitrogens with zero attached hydrogens (tertiary/aromatic N) is 4. The van der Waals surface area contributed by atoms with Crippen molar-refractivity contribution in [3.63, 3.8) is 0 Å². The molecule has 0 radical (unpaired) electrons. The Morgan fingerprint density at radius 2 is 1.82 bits per heavy atom. The monoisotopic (exact) mass is 487 g/mol. The van der Waals surface area contributed by atoms with E-state index < -0.39 is 26.6 Å². The van der Waals surface area contributed by atoms with Gasteiger partial charge in [-0.3, -0.25) is 9.40 Å². The lowest BCUT2D eigenvalue weighted by Crippen LogP contribution is -2.16. The Hall–Kier alpha value is -3.37. The summed E-state index contributed by atoms with van der Waals surface area (Å²) in [5.41, 5.74) is 3.73. The molecule has 0 amide bonds. The molecule has 1 N–H and O–H groups in total. The smallest absolute Gasteiger partial charge is 0.267 e. The van der Waals surface area contributed by atoms with Crippen LogP contribution in [0.3, 0.4) is 0 Å². The highest BCUT2D eigenvalue weighted by Crippen LogP contribution is 2.37. The van der Waals surface area contributed by atoms with Crippen molar-refractivity contribution in [1.82, 2.24) is 19.7 Å². The fraction of sp³-hybridized carbons (Fsp3) is 0.136. The second-order valence-corrected chi connectivity index (χ2v) is 9.40. The zero-order valence-corrected chi connectivity index (χ0v) is 18.5. The summed E-state index contributed by atoms with van der Waals surface area (Å²) < 4.78 is 57.7. The molecule has 4 aromatic rings. The minimum atomic E-state index is -4.50. The second-order valence-electron chi connectivity index (χ2n) is 7.44. The molecule has 0 atom stereocenters. The summed E-state index contributed by atoms with van der Waals surface area (Å²) >= 11 is 6.01. The number of sulfonamides is 1. The molecule has 168 valence electrons. The van der Waals surface area contributed by atoms with Crippen molar-refractivity contribution in [2.45, 2.75) is 24.3 Å². The van der Waals surface area contributed by atoms with Gasteiger partial charge < -0.3 is 0 Å². The van der Waals surface area contributed by atoms with Gasteiger partial charge in [0.05, 0.1) is 5.69 Å². The van der Waals surface area contributed by atoms with E-state index in [0.29, 0.717) is 17.0 Å². The van der Waals surface area contributed by atoms with Gasteiger partial charge in [0, 0.05) is 35.2 Å². The number of aromatic nitrogens is 4. The van der Waals surface area contributed by atoms with Gasteiger partial charge in [0.15, 0.2) is 4.90 Å². The summed E-state index contributed by atoms with van der Waals surface area (Å²) in [6.07, 6.45) is 3.31. The molecular formula is C22H16ClF2N5O2S. The van der Waals surface area contributed by atoms with Gasteiger partial charge in [-0.25, -0.2) is 27.2 Å². The first-order valence-electron chi connectivity index (χ1n) is 9.99. The number of anilines is 1. The van der Waals surface area contributed by atoms with E-state index in [-0.39, 0.29) is 11.0 Å². The van der Waals surface area contributed by atoms with Gasteiger partial charge in [-0.1, -0.05) is 18.2 Å². The summed E-state index contributed by atoms with van der Waals surface area (Å²) in [4.78, 5) is 7.22. The molecule has 11 heteroatoms. The van der Waals surface area contributed by atoms with Crippen LogP contribution in [0.15, 0.2) is 59.6 Å². The minimum Gasteiger partial charge on any atom is -0.279 e. The Labute approximate surface area is 193 Å².